The van der Waals surface area contributed by atoms with Gasteiger partial charge in [0, 0.05) is 5.75 Å². The molecule has 0 bridgehead atoms. The summed E-state index contributed by atoms with van der Waals surface area (Å²) in [6.07, 6.45) is -0.468. The monoisotopic (exact) mass is 534 g/mol. The van der Waals surface area contributed by atoms with Crippen LogP contribution in [0.15, 0.2) is 91.0 Å². The third-order valence-electron chi connectivity index (χ3n) is 6.65. The van der Waals surface area contributed by atoms with Gasteiger partial charge in [-0.15, -0.1) is 23.4 Å². The van der Waals surface area contributed by atoms with Gasteiger partial charge in [-0.2, -0.15) is 0 Å². The summed E-state index contributed by atoms with van der Waals surface area (Å²) < 4.78 is 6.08. The first-order valence-corrected chi connectivity index (χ1v) is 13.5. The van der Waals surface area contributed by atoms with Crippen molar-refractivity contribution in [2.75, 3.05) is 5.75 Å². The van der Waals surface area contributed by atoms with Gasteiger partial charge in [-0.05, 0) is 23.6 Å². The molecule has 2 fully saturated rings. The standard InChI is InChI=1S/C29H27ClN2O4S/c1-29(30)18-37-27-23(31-22(33)17-19-11-5-2-6-12-19)26(34)32(27)25(29)28(35)36-24(20-13-7-3-8-14-20)21-15-9-4-10-16-21/h2-16,23-25,27H,17-18H2,1H3,(H,31,33)/t23-,25+,27-,29-/m1/s1. The first kappa shape index (κ1) is 25.4. The third-order valence-corrected chi connectivity index (χ3v) is 8.76. The lowest BCUT2D eigenvalue weighted by atomic mass is 9.93. The van der Waals surface area contributed by atoms with E-state index in [1.54, 1.807) is 6.92 Å². The van der Waals surface area contributed by atoms with E-state index in [0.717, 1.165) is 16.7 Å². The van der Waals surface area contributed by atoms with Gasteiger partial charge >= 0.3 is 5.97 Å². The number of amides is 2. The highest BCUT2D eigenvalue weighted by Crippen LogP contribution is 2.46. The summed E-state index contributed by atoms with van der Waals surface area (Å²) in [4.78, 5) is 40.0. The summed E-state index contributed by atoms with van der Waals surface area (Å²) in [5.74, 6) is -0.711. The fourth-order valence-corrected chi connectivity index (χ4v) is 6.62. The number of benzene rings is 3. The third kappa shape index (κ3) is 5.24. The first-order chi connectivity index (χ1) is 17.8. The summed E-state index contributed by atoms with van der Waals surface area (Å²) in [6, 6.07) is 26.6. The molecule has 3 aromatic rings. The van der Waals surface area contributed by atoms with Crippen molar-refractivity contribution >= 4 is 41.1 Å². The normalized spacial score (nSPS) is 24.7. The molecule has 2 heterocycles. The Labute approximate surface area is 225 Å². The molecule has 0 aliphatic carbocycles. The lowest BCUT2D eigenvalue weighted by Crippen LogP contribution is -2.78. The minimum absolute atomic E-state index is 0.177. The van der Waals surface area contributed by atoms with Crippen LogP contribution in [-0.4, -0.2) is 50.8 Å². The Balaban J connectivity index is 1.33. The summed E-state index contributed by atoms with van der Waals surface area (Å²) in [6.45, 7) is 1.75. The van der Waals surface area contributed by atoms with E-state index >= 15 is 0 Å². The highest BCUT2D eigenvalue weighted by molar-refractivity contribution is 8.00. The van der Waals surface area contributed by atoms with E-state index in [0.29, 0.717) is 5.75 Å². The van der Waals surface area contributed by atoms with Crippen LogP contribution >= 0.6 is 23.4 Å². The molecule has 37 heavy (non-hydrogen) atoms. The zero-order valence-electron chi connectivity index (χ0n) is 20.3. The maximum atomic E-state index is 13.7. The van der Waals surface area contributed by atoms with Gasteiger partial charge in [0.05, 0.1) is 11.3 Å². The summed E-state index contributed by atoms with van der Waals surface area (Å²) in [5, 5.41) is 2.46. The van der Waals surface area contributed by atoms with E-state index < -0.39 is 29.0 Å². The first-order valence-electron chi connectivity index (χ1n) is 12.1. The molecular weight excluding hydrogens is 508 g/mol. The van der Waals surface area contributed by atoms with Crippen molar-refractivity contribution in [3.63, 3.8) is 0 Å². The van der Waals surface area contributed by atoms with Crippen LogP contribution < -0.4 is 5.32 Å². The molecule has 5 rings (SSSR count). The van der Waals surface area contributed by atoms with Crippen molar-refractivity contribution in [1.82, 2.24) is 10.2 Å². The number of rotatable bonds is 7. The molecule has 0 aromatic heterocycles. The van der Waals surface area contributed by atoms with Gasteiger partial charge in [-0.25, -0.2) is 4.79 Å². The van der Waals surface area contributed by atoms with Crippen LogP contribution in [0.1, 0.15) is 29.7 Å². The van der Waals surface area contributed by atoms with Crippen molar-refractivity contribution in [2.24, 2.45) is 0 Å². The molecule has 4 atom stereocenters. The minimum atomic E-state index is -1.02. The number of carbonyl (C=O) groups excluding carboxylic acids is 3. The second kappa shape index (κ2) is 10.6. The van der Waals surface area contributed by atoms with Crippen molar-refractivity contribution in [3.8, 4) is 0 Å². The minimum Gasteiger partial charge on any atom is -0.451 e. The number of hydrogen-bond acceptors (Lipinski definition) is 5. The maximum Gasteiger partial charge on any atom is 0.331 e. The number of halogens is 1. The number of alkyl halides is 1. The molecule has 1 N–H and O–H groups in total. The van der Waals surface area contributed by atoms with E-state index in [-0.39, 0.29) is 23.6 Å². The van der Waals surface area contributed by atoms with Crippen molar-refractivity contribution < 1.29 is 19.1 Å². The molecule has 2 aliphatic rings. The number of nitrogens with zero attached hydrogens (tertiary/aromatic N) is 1. The molecular formula is C29H27ClN2O4S. The van der Waals surface area contributed by atoms with Crippen molar-refractivity contribution in [3.05, 3.63) is 108 Å². The molecule has 0 saturated carbocycles. The van der Waals surface area contributed by atoms with Crippen molar-refractivity contribution in [1.29, 1.82) is 0 Å². The van der Waals surface area contributed by atoms with Gasteiger partial charge in [0.25, 0.3) is 0 Å². The van der Waals surface area contributed by atoms with Crippen LogP contribution in [-0.2, 0) is 25.5 Å². The fraction of sp³-hybridized carbons (Fsp3) is 0.276. The quantitative estimate of drug-likeness (QED) is 0.277. The smallest absolute Gasteiger partial charge is 0.331 e. The lowest BCUT2D eigenvalue weighted by molar-refractivity contribution is -0.169. The average Bonchev–Trinajstić information content (AvgIpc) is 2.91. The van der Waals surface area contributed by atoms with Crippen LogP contribution in [0.25, 0.3) is 0 Å². The second-order valence-electron chi connectivity index (χ2n) is 9.47. The highest BCUT2D eigenvalue weighted by Gasteiger charge is 2.61. The van der Waals surface area contributed by atoms with Crippen LogP contribution in [0, 0.1) is 0 Å². The molecule has 6 nitrogen and oxygen atoms in total. The van der Waals surface area contributed by atoms with E-state index in [9.17, 15) is 14.4 Å². The molecule has 0 unspecified atom stereocenters. The number of thioether (sulfide) groups is 1. The highest BCUT2D eigenvalue weighted by atomic mass is 35.5. The van der Waals surface area contributed by atoms with Crippen LogP contribution in [0.3, 0.4) is 0 Å². The predicted molar refractivity (Wildman–Crippen MR) is 144 cm³/mol. The summed E-state index contributed by atoms with van der Waals surface area (Å²) >= 11 is 8.29. The van der Waals surface area contributed by atoms with Gasteiger partial charge in [0.15, 0.2) is 12.1 Å². The Kier molecular flexibility index (Phi) is 7.26. The van der Waals surface area contributed by atoms with Crippen LogP contribution in [0.4, 0.5) is 0 Å². The Bertz CT molecular complexity index is 1230. The Morgan fingerprint density at radius 1 is 1.00 bits per heavy atom. The summed E-state index contributed by atoms with van der Waals surface area (Å²) in [7, 11) is 0. The fourth-order valence-electron chi connectivity index (χ4n) is 4.82. The maximum absolute atomic E-state index is 13.7. The van der Waals surface area contributed by atoms with Crippen LogP contribution in [0.2, 0.25) is 0 Å². The molecule has 2 amide bonds. The predicted octanol–water partition coefficient (Wildman–Crippen LogP) is 4.33. The van der Waals surface area contributed by atoms with Crippen molar-refractivity contribution in [2.45, 2.75) is 41.8 Å². The van der Waals surface area contributed by atoms with E-state index in [1.165, 1.54) is 16.7 Å². The van der Waals surface area contributed by atoms with E-state index in [4.69, 9.17) is 16.3 Å². The lowest BCUT2D eigenvalue weighted by Gasteiger charge is -2.56. The number of ether oxygens (including phenoxy) is 1. The molecule has 0 spiro atoms. The molecule has 2 saturated heterocycles. The zero-order valence-corrected chi connectivity index (χ0v) is 21.8. The average molecular weight is 535 g/mol. The molecule has 0 radical (unpaired) electrons. The van der Waals surface area contributed by atoms with Crippen LogP contribution in [0.5, 0.6) is 0 Å². The van der Waals surface area contributed by atoms with Gasteiger partial charge in [-0.1, -0.05) is 91.0 Å². The number of hydrogen-bond donors (Lipinski definition) is 1. The zero-order chi connectivity index (χ0) is 26.0. The molecule has 190 valence electrons. The van der Waals surface area contributed by atoms with Gasteiger partial charge in [0.2, 0.25) is 11.8 Å². The topological polar surface area (TPSA) is 75.7 Å². The number of esters is 1. The molecule has 3 aromatic carbocycles. The molecule has 2 aliphatic heterocycles. The Morgan fingerprint density at radius 3 is 2.11 bits per heavy atom. The second-order valence-corrected chi connectivity index (χ2v) is 11.4. The number of fused-ring (bicyclic) bond motifs is 1. The van der Waals surface area contributed by atoms with E-state index in [1.807, 2.05) is 91.0 Å². The van der Waals surface area contributed by atoms with Gasteiger partial charge < -0.3 is 15.0 Å². The molecule has 8 heteroatoms. The number of β-lactam (4-membered cyclic amide) rings is 1. The number of carbonyl (C=O) groups is 3. The summed E-state index contributed by atoms with van der Waals surface area (Å²) in [5.41, 5.74) is 2.50. The Hall–Kier alpha value is -3.29. The Morgan fingerprint density at radius 2 is 1.54 bits per heavy atom. The van der Waals surface area contributed by atoms with Gasteiger partial charge in [0.1, 0.15) is 11.4 Å². The van der Waals surface area contributed by atoms with E-state index in [2.05, 4.69) is 5.32 Å². The SMILES string of the molecule is C[C@@]1(Cl)CS[C@@H]2[C@H](NC(=O)Cc3ccccc3)C(=O)N2[C@H]1C(=O)OC(c1ccccc1)c1ccccc1. The van der Waals surface area contributed by atoms with Gasteiger partial charge in [-0.3, -0.25) is 9.59 Å². The largest absolute Gasteiger partial charge is 0.451 e. The number of nitrogens with one attached hydrogen (secondary N) is 1.